The fourth-order valence-corrected chi connectivity index (χ4v) is 4.56. The number of imide groups is 2. The molecule has 178 valence electrons. The van der Waals surface area contributed by atoms with Crippen molar-refractivity contribution in [2.24, 2.45) is 0 Å². The zero-order valence-corrected chi connectivity index (χ0v) is 22.1. The Morgan fingerprint density at radius 2 is 1.57 bits per heavy atom. The van der Waals surface area contributed by atoms with Crippen molar-refractivity contribution in [2.45, 2.75) is 6.61 Å². The summed E-state index contributed by atoms with van der Waals surface area (Å²) in [6.45, 7) is 0.0250. The molecule has 0 bridgehead atoms. The van der Waals surface area contributed by atoms with Gasteiger partial charge in [-0.3, -0.25) is 14.9 Å². The van der Waals surface area contributed by atoms with E-state index in [0.717, 1.165) is 9.37 Å². The van der Waals surface area contributed by atoms with Crippen LogP contribution in [0.5, 0.6) is 5.75 Å². The van der Waals surface area contributed by atoms with E-state index in [-0.39, 0.29) is 39.2 Å². The predicted octanol–water partition coefficient (Wildman–Crippen LogP) is 7.31. The molecule has 4 amide bonds. The number of urea groups is 1. The minimum Gasteiger partial charge on any atom is -0.487 e. The fourth-order valence-electron chi connectivity index (χ4n) is 3.27. The molecule has 0 atom stereocenters. The SMILES string of the molecule is O=C1NC(=O)N(c2ccc(Br)cc2)C(=O)/C1=C/c1cc(Cl)cc(Cl)c1OCc1ccc(Cl)cc1Cl. The second-order valence-electron chi connectivity index (χ2n) is 7.26. The number of halogens is 5. The Bertz CT molecular complexity index is 1390. The largest absolute Gasteiger partial charge is 0.487 e. The number of barbiturate groups is 1. The lowest BCUT2D eigenvalue weighted by Gasteiger charge is -2.26. The molecule has 6 nitrogen and oxygen atoms in total. The van der Waals surface area contributed by atoms with E-state index in [4.69, 9.17) is 51.1 Å². The number of carbonyl (C=O) groups is 3. The molecule has 1 fully saturated rings. The molecule has 1 aliphatic rings. The van der Waals surface area contributed by atoms with Gasteiger partial charge in [-0.25, -0.2) is 9.69 Å². The van der Waals surface area contributed by atoms with Crippen LogP contribution in [0.25, 0.3) is 6.08 Å². The van der Waals surface area contributed by atoms with Crippen LogP contribution in [0.4, 0.5) is 10.5 Å². The van der Waals surface area contributed by atoms with Crippen molar-refractivity contribution in [3.05, 3.63) is 95.9 Å². The highest BCUT2D eigenvalue weighted by Gasteiger charge is 2.37. The van der Waals surface area contributed by atoms with Crippen molar-refractivity contribution >= 4 is 91.9 Å². The summed E-state index contributed by atoms with van der Waals surface area (Å²) >= 11 is 28.0. The summed E-state index contributed by atoms with van der Waals surface area (Å²) in [5.41, 5.74) is 0.877. The van der Waals surface area contributed by atoms with Crippen LogP contribution < -0.4 is 15.0 Å². The second-order valence-corrected chi connectivity index (χ2v) is 9.87. The molecule has 0 radical (unpaired) electrons. The summed E-state index contributed by atoms with van der Waals surface area (Å²) in [5, 5.41) is 3.45. The van der Waals surface area contributed by atoms with Gasteiger partial charge in [-0.05, 0) is 54.6 Å². The van der Waals surface area contributed by atoms with Gasteiger partial charge in [-0.2, -0.15) is 0 Å². The number of ether oxygens (including phenoxy) is 1. The van der Waals surface area contributed by atoms with E-state index < -0.39 is 17.8 Å². The van der Waals surface area contributed by atoms with Crippen LogP contribution in [0.3, 0.4) is 0 Å². The Kier molecular flexibility index (Phi) is 7.73. The van der Waals surface area contributed by atoms with E-state index in [1.54, 1.807) is 42.5 Å². The molecule has 3 aromatic rings. The van der Waals surface area contributed by atoms with E-state index in [9.17, 15) is 14.4 Å². The van der Waals surface area contributed by atoms with Gasteiger partial charge in [0.25, 0.3) is 11.8 Å². The van der Waals surface area contributed by atoms with E-state index in [2.05, 4.69) is 21.2 Å². The highest BCUT2D eigenvalue weighted by atomic mass is 79.9. The summed E-state index contributed by atoms with van der Waals surface area (Å²) in [6, 6.07) is 13.5. The van der Waals surface area contributed by atoms with Gasteiger partial charge in [0.05, 0.1) is 10.7 Å². The Hall–Kier alpha value is -2.55. The molecule has 0 aromatic heterocycles. The normalized spacial score (nSPS) is 14.9. The van der Waals surface area contributed by atoms with Gasteiger partial charge in [0, 0.05) is 30.7 Å². The highest BCUT2D eigenvalue weighted by Crippen LogP contribution is 2.36. The molecule has 1 aliphatic heterocycles. The van der Waals surface area contributed by atoms with E-state index >= 15 is 0 Å². The second kappa shape index (κ2) is 10.6. The molecule has 0 spiro atoms. The maximum absolute atomic E-state index is 13.2. The zero-order chi connectivity index (χ0) is 25.3. The third kappa shape index (κ3) is 5.66. The molecule has 4 rings (SSSR count). The number of benzene rings is 3. The summed E-state index contributed by atoms with van der Waals surface area (Å²) in [4.78, 5) is 39.1. The topological polar surface area (TPSA) is 75.7 Å². The lowest BCUT2D eigenvalue weighted by atomic mass is 10.1. The third-order valence-corrected chi connectivity index (χ3v) is 6.53. The van der Waals surface area contributed by atoms with Crippen molar-refractivity contribution in [1.82, 2.24) is 5.32 Å². The average molecular weight is 615 g/mol. The third-order valence-electron chi connectivity index (χ3n) is 4.91. The van der Waals surface area contributed by atoms with Gasteiger partial charge in [-0.15, -0.1) is 0 Å². The molecular weight excluding hydrogens is 602 g/mol. The quantitative estimate of drug-likeness (QED) is 0.242. The summed E-state index contributed by atoms with van der Waals surface area (Å²) in [7, 11) is 0. The molecule has 35 heavy (non-hydrogen) atoms. The Morgan fingerprint density at radius 1 is 0.886 bits per heavy atom. The first kappa shape index (κ1) is 25.5. The molecule has 0 unspecified atom stereocenters. The smallest absolute Gasteiger partial charge is 0.335 e. The van der Waals surface area contributed by atoms with Crippen molar-refractivity contribution in [3.63, 3.8) is 0 Å². The van der Waals surface area contributed by atoms with Gasteiger partial charge in [0.1, 0.15) is 17.9 Å². The number of anilines is 1. The number of nitrogens with zero attached hydrogens (tertiary/aromatic N) is 1. The lowest BCUT2D eigenvalue weighted by molar-refractivity contribution is -0.122. The minimum atomic E-state index is -0.865. The first-order valence-electron chi connectivity index (χ1n) is 9.87. The van der Waals surface area contributed by atoms with Crippen molar-refractivity contribution < 1.29 is 19.1 Å². The maximum Gasteiger partial charge on any atom is 0.335 e. The van der Waals surface area contributed by atoms with E-state index in [1.165, 1.54) is 18.2 Å². The van der Waals surface area contributed by atoms with Crippen molar-refractivity contribution in [1.29, 1.82) is 0 Å². The number of carbonyl (C=O) groups excluding carboxylic acids is 3. The number of hydrogen-bond donors (Lipinski definition) is 1. The monoisotopic (exact) mass is 612 g/mol. The number of amides is 4. The van der Waals surface area contributed by atoms with Gasteiger partial charge in [-0.1, -0.05) is 68.4 Å². The zero-order valence-electron chi connectivity index (χ0n) is 17.5. The standard InChI is InChI=1S/C24H13BrCl4N2O4/c25-14-2-5-17(6-3-14)31-23(33)18(22(32)30-24(31)34)8-13-7-16(27)10-20(29)21(13)35-11-12-1-4-15(26)9-19(12)28/h1-10H,11H2,(H,30,32,34)/b18-8+. The maximum atomic E-state index is 13.2. The van der Waals surface area contributed by atoms with Gasteiger partial charge >= 0.3 is 6.03 Å². The van der Waals surface area contributed by atoms with Crippen LogP contribution in [-0.2, 0) is 16.2 Å². The van der Waals surface area contributed by atoms with Crippen LogP contribution in [0, 0.1) is 0 Å². The summed E-state index contributed by atoms with van der Waals surface area (Å²) in [5.74, 6) is -1.51. The first-order valence-corrected chi connectivity index (χ1v) is 12.2. The highest BCUT2D eigenvalue weighted by molar-refractivity contribution is 9.10. The molecular formula is C24H13BrCl4N2O4. The number of rotatable bonds is 5. The molecule has 0 aliphatic carbocycles. The van der Waals surface area contributed by atoms with Gasteiger partial charge in [0.15, 0.2) is 0 Å². The van der Waals surface area contributed by atoms with Crippen LogP contribution in [0.2, 0.25) is 20.1 Å². The van der Waals surface area contributed by atoms with Gasteiger partial charge in [0.2, 0.25) is 0 Å². The number of hydrogen-bond acceptors (Lipinski definition) is 4. The summed E-state index contributed by atoms with van der Waals surface area (Å²) in [6.07, 6.45) is 1.27. The molecule has 11 heteroatoms. The van der Waals surface area contributed by atoms with Crippen molar-refractivity contribution in [2.75, 3.05) is 4.90 Å². The molecule has 1 saturated heterocycles. The van der Waals surface area contributed by atoms with Crippen LogP contribution in [0.1, 0.15) is 11.1 Å². The minimum absolute atomic E-state index is 0.0250. The fraction of sp³-hybridized carbons (Fsp3) is 0.0417. The molecule has 0 saturated carbocycles. The Labute approximate surface area is 228 Å². The Balaban J connectivity index is 1.71. The predicted molar refractivity (Wildman–Crippen MR) is 140 cm³/mol. The van der Waals surface area contributed by atoms with Crippen LogP contribution >= 0.6 is 62.3 Å². The summed E-state index contributed by atoms with van der Waals surface area (Å²) < 4.78 is 6.65. The average Bonchev–Trinajstić information content (AvgIpc) is 2.78. The van der Waals surface area contributed by atoms with Crippen LogP contribution in [0.15, 0.2) is 64.6 Å². The van der Waals surface area contributed by atoms with Gasteiger partial charge < -0.3 is 4.74 Å². The molecule has 3 aromatic carbocycles. The van der Waals surface area contributed by atoms with Crippen LogP contribution in [-0.4, -0.2) is 17.8 Å². The van der Waals surface area contributed by atoms with Crippen molar-refractivity contribution in [3.8, 4) is 5.75 Å². The van der Waals surface area contributed by atoms with E-state index in [1.807, 2.05) is 0 Å². The lowest BCUT2D eigenvalue weighted by Crippen LogP contribution is -2.54. The molecule has 1 heterocycles. The molecule has 1 N–H and O–H groups in total. The first-order chi connectivity index (χ1) is 16.6. The number of nitrogens with one attached hydrogen (secondary N) is 1. The van der Waals surface area contributed by atoms with E-state index in [0.29, 0.717) is 15.6 Å². The Morgan fingerprint density at radius 3 is 2.26 bits per heavy atom.